The van der Waals surface area contributed by atoms with Crippen LogP contribution in [0.25, 0.3) is 0 Å². The highest BCUT2D eigenvalue weighted by Crippen LogP contribution is 2.29. The Balaban J connectivity index is 2.87. The number of rotatable bonds is 2. The molecule has 0 atom stereocenters. The van der Waals surface area contributed by atoms with Crippen LogP contribution in [-0.2, 0) is 6.18 Å². The molecule has 0 fully saturated rings. The number of nitrogens with two attached hydrogens (primary N) is 1. The second-order valence-electron chi connectivity index (χ2n) is 2.96. The third kappa shape index (κ3) is 4.11. The van der Waals surface area contributed by atoms with Crippen molar-refractivity contribution in [2.24, 2.45) is 15.9 Å². The summed E-state index contributed by atoms with van der Waals surface area (Å²) in [5.41, 5.74) is 5.99. The third-order valence-electron chi connectivity index (χ3n) is 1.70. The van der Waals surface area contributed by atoms with E-state index >= 15 is 0 Å². The quantitative estimate of drug-likeness (QED) is 0.418. The largest absolute Gasteiger partial charge is 0.416 e. The van der Waals surface area contributed by atoms with Crippen molar-refractivity contribution in [3.8, 4) is 0 Å². The van der Waals surface area contributed by atoms with Crippen LogP contribution in [-0.4, -0.2) is 17.4 Å². The molecular formula is C9H9F3N4O. The zero-order valence-electron chi connectivity index (χ0n) is 8.44. The minimum atomic E-state index is -4.40. The fourth-order valence-electron chi connectivity index (χ4n) is 0.975. The summed E-state index contributed by atoms with van der Waals surface area (Å²) in [4.78, 5) is 0. The lowest BCUT2D eigenvalue weighted by Crippen LogP contribution is -2.27. The zero-order valence-corrected chi connectivity index (χ0v) is 8.44. The van der Waals surface area contributed by atoms with Crippen LogP contribution in [0, 0.1) is 0 Å². The fraction of sp³-hybridized carbons (Fsp3) is 0.111. The highest BCUT2D eigenvalue weighted by molar-refractivity contribution is 5.81. The monoisotopic (exact) mass is 246 g/mol. The average Bonchev–Trinajstić information content (AvgIpc) is 2.28. The van der Waals surface area contributed by atoms with Crippen LogP contribution in [0.4, 0.5) is 13.2 Å². The van der Waals surface area contributed by atoms with E-state index in [0.717, 1.165) is 18.3 Å². The SMILES string of the molecule is NC(=NN=Cc1cccc(C(F)(F)F)c1)NO. The summed E-state index contributed by atoms with van der Waals surface area (Å²) < 4.78 is 37.0. The van der Waals surface area contributed by atoms with E-state index in [-0.39, 0.29) is 11.5 Å². The van der Waals surface area contributed by atoms with Crippen molar-refractivity contribution >= 4 is 12.2 Å². The molecule has 0 amide bonds. The summed E-state index contributed by atoms with van der Waals surface area (Å²) in [5, 5.41) is 14.9. The molecule has 0 saturated carbocycles. The van der Waals surface area contributed by atoms with Gasteiger partial charge in [0.1, 0.15) is 0 Å². The van der Waals surface area contributed by atoms with Crippen LogP contribution < -0.4 is 11.2 Å². The van der Waals surface area contributed by atoms with Crippen molar-refractivity contribution in [3.63, 3.8) is 0 Å². The van der Waals surface area contributed by atoms with Crippen LogP contribution in [0.1, 0.15) is 11.1 Å². The number of nitrogens with zero attached hydrogens (tertiary/aromatic N) is 2. The van der Waals surface area contributed by atoms with Crippen LogP contribution in [0.5, 0.6) is 0 Å². The molecule has 0 aromatic heterocycles. The summed E-state index contributed by atoms with van der Waals surface area (Å²) in [7, 11) is 0. The topological polar surface area (TPSA) is 83.0 Å². The predicted octanol–water partition coefficient (Wildman–Crippen LogP) is 1.33. The first-order chi connectivity index (χ1) is 7.93. The van der Waals surface area contributed by atoms with E-state index in [9.17, 15) is 13.2 Å². The molecule has 5 nitrogen and oxygen atoms in total. The Kier molecular flexibility index (Phi) is 4.05. The molecule has 1 aromatic carbocycles. The molecule has 0 aliphatic heterocycles. The van der Waals surface area contributed by atoms with Crippen LogP contribution >= 0.6 is 0 Å². The lowest BCUT2D eigenvalue weighted by Gasteiger charge is -2.06. The second kappa shape index (κ2) is 5.30. The maximum Gasteiger partial charge on any atom is 0.416 e. The van der Waals surface area contributed by atoms with Gasteiger partial charge in [0.2, 0.25) is 5.96 Å². The standard InChI is InChI=1S/C9H9F3N4O/c10-9(11,12)7-3-1-2-6(4-7)5-14-15-8(13)16-17/h1-5,17H,(H3,13,15,16). The van der Waals surface area contributed by atoms with Crippen molar-refractivity contribution in [2.45, 2.75) is 6.18 Å². The first-order valence-electron chi connectivity index (χ1n) is 4.37. The molecule has 1 aromatic rings. The molecule has 92 valence electrons. The molecule has 0 spiro atoms. The highest BCUT2D eigenvalue weighted by atomic mass is 19.4. The Hall–Kier alpha value is -2.09. The van der Waals surface area contributed by atoms with E-state index in [1.165, 1.54) is 17.6 Å². The van der Waals surface area contributed by atoms with Crippen molar-refractivity contribution in [2.75, 3.05) is 0 Å². The molecule has 0 bridgehead atoms. The van der Waals surface area contributed by atoms with Crippen LogP contribution in [0.15, 0.2) is 34.5 Å². The van der Waals surface area contributed by atoms with Gasteiger partial charge in [0.25, 0.3) is 0 Å². The molecule has 0 aliphatic carbocycles. The van der Waals surface area contributed by atoms with E-state index in [1.54, 1.807) is 0 Å². The average molecular weight is 246 g/mol. The zero-order chi connectivity index (χ0) is 12.9. The van der Waals surface area contributed by atoms with Crippen molar-refractivity contribution in [1.29, 1.82) is 0 Å². The van der Waals surface area contributed by atoms with E-state index in [4.69, 9.17) is 10.9 Å². The van der Waals surface area contributed by atoms with Gasteiger partial charge < -0.3 is 5.73 Å². The van der Waals surface area contributed by atoms with Gasteiger partial charge in [0, 0.05) is 0 Å². The molecule has 0 saturated heterocycles. The number of hydrogen-bond donors (Lipinski definition) is 3. The Morgan fingerprint density at radius 3 is 2.71 bits per heavy atom. The molecule has 17 heavy (non-hydrogen) atoms. The molecule has 8 heteroatoms. The van der Waals surface area contributed by atoms with Gasteiger partial charge in [-0.2, -0.15) is 18.3 Å². The van der Waals surface area contributed by atoms with Gasteiger partial charge in [-0.1, -0.05) is 12.1 Å². The number of nitrogens with one attached hydrogen (secondary N) is 1. The number of hydroxylamine groups is 1. The molecule has 0 radical (unpaired) electrons. The number of benzene rings is 1. The summed E-state index contributed by atoms with van der Waals surface area (Å²) >= 11 is 0. The minimum Gasteiger partial charge on any atom is -0.367 e. The summed E-state index contributed by atoms with van der Waals surface area (Å²) in [6.45, 7) is 0. The molecule has 1 rings (SSSR count). The third-order valence-corrected chi connectivity index (χ3v) is 1.70. The number of guanidine groups is 1. The highest BCUT2D eigenvalue weighted by Gasteiger charge is 2.30. The Bertz CT molecular complexity index is 442. The normalized spacial score (nSPS) is 13.1. The van der Waals surface area contributed by atoms with Crippen molar-refractivity contribution in [1.82, 2.24) is 5.48 Å². The summed E-state index contributed by atoms with van der Waals surface area (Å²) in [6.07, 6.45) is -3.32. The lowest BCUT2D eigenvalue weighted by atomic mass is 10.1. The predicted molar refractivity (Wildman–Crippen MR) is 55.6 cm³/mol. The smallest absolute Gasteiger partial charge is 0.367 e. The minimum absolute atomic E-state index is 0.217. The Morgan fingerprint density at radius 1 is 1.41 bits per heavy atom. The van der Waals surface area contributed by atoms with Crippen LogP contribution in [0.2, 0.25) is 0 Å². The number of alkyl halides is 3. The molecule has 0 unspecified atom stereocenters. The van der Waals surface area contributed by atoms with E-state index in [0.29, 0.717) is 0 Å². The van der Waals surface area contributed by atoms with Gasteiger partial charge in [-0.05, 0) is 17.7 Å². The molecular weight excluding hydrogens is 237 g/mol. The fourth-order valence-corrected chi connectivity index (χ4v) is 0.975. The number of hydrogen-bond acceptors (Lipinski definition) is 3. The van der Waals surface area contributed by atoms with Crippen LogP contribution in [0.3, 0.4) is 0 Å². The first kappa shape index (κ1) is 13.0. The van der Waals surface area contributed by atoms with Gasteiger partial charge in [-0.3, -0.25) is 5.21 Å². The Morgan fingerprint density at radius 2 is 2.12 bits per heavy atom. The molecule has 0 heterocycles. The van der Waals surface area contributed by atoms with Gasteiger partial charge in [0.05, 0.1) is 11.8 Å². The maximum absolute atomic E-state index is 12.3. The van der Waals surface area contributed by atoms with Gasteiger partial charge in [0.15, 0.2) is 0 Å². The molecule has 4 N–H and O–H groups in total. The van der Waals surface area contributed by atoms with Gasteiger partial charge in [-0.15, -0.1) is 5.10 Å². The lowest BCUT2D eigenvalue weighted by molar-refractivity contribution is -0.137. The number of halogens is 3. The molecule has 0 aliphatic rings. The van der Waals surface area contributed by atoms with E-state index in [1.807, 2.05) is 0 Å². The van der Waals surface area contributed by atoms with Gasteiger partial charge in [-0.25, -0.2) is 5.48 Å². The summed E-state index contributed by atoms with van der Waals surface area (Å²) in [6, 6.07) is 4.55. The first-order valence-corrected chi connectivity index (χ1v) is 4.37. The summed E-state index contributed by atoms with van der Waals surface area (Å²) in [5.74, 6) is -0.367. The maximum atomic E-state index is 12.3. The van der Waals surface area contributed by atoms with Crippen molar-refractivity contribution < 1.29 is 18.4 Å². The van der Waals surface area contributed by atoms with E-state index in [2.05, 4.69) is 10.2 Å². The Labute approximate surface area is 94.4 Å². The second-order valence-corrected chi connectivity index (χ2v) is 2.96. The van der Waals surface area contributed by atoms with Crippen molar-refractivity contribution in [3.05, 3.63) is 35.4 Å². The van der Waals surface area contributed by atoms with E-state index < -0.39 is 11.7 Å². The van der Waals surface area contributed by atoms with Gasteiger partial charge >= 0.3 is 6.18 Å².